The Morgan fingerprint density at radius 3 is 2.45 bits per heavy atom. The predicted molar refractivity (Wildman–Crippen MR) is 124 cm³/mol. The molecule has 2 N–H and O–H groups in total. The van der Waals surface area contributed by atoms with E-state index in [1.165, 1.54) is 6.42 Å². The summed E-state index contributed by atoms with van der Waals surface area (Å²) >= 11 is 5.95. The maximum Gasteiger partial charge on any atom is 0.355 e. The third-order valence-electron chi connectivity index (χ3n) is 8.09. The van der Waals surface area contributed by atoms with Crippen molar-refractivity contribution in [1.29, 1.82) is 0 Å². The van der Waals surface area contributed by atoms with Crippen molar-refractivity contribution in [3.05, 3.63) is 34.9 Å². The second kappa shape index (κ2) is 7.52. The number of hydrogen-bond donors (Lipinski definition) is 2. The number of aromatic carboxylic acids is 1. The summed E-state index contributed by atoms with van der Waals surface area (Å²) in [6, 6.07) is 3.32. The summed E-state index contributed by atoms with van der Waals surface area (Å²) in [7, 11) is 0. The summed E-state index contributed by atoms with van der Waals surface area (Å²) in [6.07, 6.45) is 8.32. The van der Waals surface area contributed by atoms with Crippen LogP contribution in [0.3, 0.4) is 0 Å². The van der Waals surface area contributed by atoms with Crippen molar-refractivity contribution in [2.75, 3.05) is 13.2 Å². The zero-order chi connectivity index (χ0) is 23.6. The van der Waals surface area contributed by atoms with Crippen LogP contribution in [0.4, 0.5) is 0 Å². The van der Waals surface area contributed by atoms with Gasteiger partial charge in [-0.15, -0.1) is 0 Å². The average Bonchev–Trinajstić information content (AvgIpc) is 3.03. The second-order valence-electron chi connectivity index (χ2n) is 11.6. The Morgan fingerprint density at radius 1 is 1.12 bits per heavy atom. The van der Waals surface area contributed by atoms with E-state index in [1.807, 2.05) is 11.6 Å². The summed E-state index contributed by atoms with van der Waals surface area (Å²) in [5, 5.41) is 23.9. The number of aliphatic hydroxyl groups is 1. The highest BCUT2D eigenvalue weighted by molar-refractivity contribution is 6.29. The molecule has 0 aliphatic heterocycles. The van der Waals surface area contributed by atoms with Gasteiger partial charge in [-0.3, -0.25) is 4.68 Å². The number of rotatable bonds is 7. The minimum atomic E-state index is -1.11. The lowest BCUT2D eigenvalue weighted by molar-refractivity contribution is -0.250. The second-order valence-corrected chi connectivity index (χ2v) is 12.0. The van der Waals surface area contributed by atoms with Crippen molar-refractivity contribution >= 4 is 17.6 Å². The van der Waals surface area contributed by atoms with Crippen molar-refractivity contribution < 1.29 is 19.7 Å². The van der Waals surface area contributed by atoms with E-state index in [2.05, 4.69) is 18.8 Å². The fourth-order valence-corrected chi connectivity index (χ4v) is 8.56. The van der Waals surface area contributed by atoms with Crippen LogP contribution in [0, 0.1) is 23.2 Å². The van der Waals surface area contributed by atoms with E-state index in [-0.39, 0.29) is 39.3 Å². The van der Waals surface area contributed by atoms with Gasteiger partial charge < -0.3 is 14.9 Å². The van der Waals surface area contributed by atoms with Crippen LogP contribution in [0.15, 0.2) is 18.3 Å². The number of aliphatic hydroxyl groups excluding tert-OH is 1. The molecule has 0 saturated heterocycles. The maximum absolute atomic E-state index is 11.8. The molecule has 2 atom stereocenters. The van der Waals surface area contributed by atoms with Gasteiger partial charge in [-0.05, 0) is 73.8 Å². The van der Waals surface area contributed by atoms with Crippen molar-refractivity contribution in [2.45, 2.75) is 71.4 Å². The van der Waals surface area contributed by atoms with E-state index < -0.39 is 5.97 Å². The molecule has 0 spiro atoms. The van der Waals surface area contributed by atoms with Gasteiger partial charge in [-0.1, -0.05) is 25.4 Å². The molecule has 0 amide bonds. The number of hydrogen-bond acceptors (Lipinski definition) is 5. The Labute approximate surface area is 199 Å². The number of carbonyl (C=O) groups is 1. The van der Waals surface area contributed by atoms with Crippen molar-refractivity contribution in [3.8, 4) is 11.1 Å². The quantitative estimate of drug-likeness (QED) is 0.564. The Morgan fingerprint density at radius 2 is 1.82 bits per heavy atom. The normalized spacial score (nSPS) is 34.7. The molecule has 2 aromatic heterocycles. The first-order valence-corrected chi connectivity index (χ1v) is 12.0. The van der Waals surface area contributed by atoms with Gasteiger partial charge in [0.1, 0.15) is 5.15 Å². The van der Waals surface area contributed by atoms with Gasteiger partial charge in [-0.2, -0.15) is 5.10 Å². The van der Waals surface area contributed by atoms with E-state index in [1.54, 1.807) is 18.3 Å². The van der Waals surface area contributed by atoms with Crippen LogP contribution in [0.5, 0.6) is 0 Å². The number of halogens is 1. The van der Waals surface area contributed by atoms with Gasteiger partial charge in [0.15, 0.2) is 5.69 Å². The molecule has 8 heteroatoms. The fourth-order valence-electron chi connectivity index (χ4n) is 8.42. The van der Waals surface area contributed by atoms with Crippen molar-refractivity contribution in [2.24, 2.45) is 16.2 Å². The molecule has 0 aromatic carbocycles. The van der Waals surface area contributed by atoms with E-state index in [9.17, 15) is 15.0 Å². The van der Waals surface area contributed by atoms with Gasteiger partial charge in [0.25, 0.3) is 0 Å². The number of pyridine rings is 1. The summed E-state index contributed by atoms with van der Waals surface area (Å²) in [5.74, 6) is -1.11. The third-order valence-corrected chi connectivity index (χ3v) is 8.30. The zero-order valence-electron chi connectivity index (χ0n) is 19.5. The van der Waals surface area contributed by atoms with Gasteiger partial charge >= 0.3 is 5.97 Å². The number of carboxylic acid groups (broad SMARTS) is 1. The summed E-state index contributed by atoms with van der Waals surface area (Å²) < 4.78 is 8.41. The monoisotopic (exact) mass is 473 g/mol. The lowest BCUT2D eigenvalue weighted by atomic mass is 9.39. The predicted octanol–water partition coefficient (Wildman–Crippen LogP) is 4.73. The SMILES string of the molecule is Cc1c(-c2ccc(Cl)nc2C(=O)O)cnn1CC12CC3(C)CC(C)(C1)CC(OCCO)(C3)C2. The highest BCUT2D eigenvalue weighted by Gasteiger charge is 2.66. The molecule has 4 saturated carbocycles. The lowest BCUT2D eigenvalue weighted by Gasteiger charge is -2.69. The average molecular weight is 474 g/mol. The molecular weight excluding hydrogens is 442 g/mol. The molecule has 4 bridgehead atoms. The zero-order valence-corrected chi connectivity index (χ0v) is 20.3. The molecular formula is C25H32ClN3O4. The number of ether oxygens (including phenoxy) is 1. The molecule has 6 rings (SSSR count). The highest BCUT2D eigenvalue weighted by Crippen LogP contribution is 2.72. The first kappa shape index (κ1) is 22.8. The molecule has 2 aromatic rings. The molecule has 0 radical (unpaired) electrons. The highest BCUT2D eigenvalue weighted by atomic mass is 35.5. The van der Waals surface area contributed by atoms with Gasteiger partial charge in [0.05, 0.1) is 25.0 Å². The molecule has 4 fully saturated rings. The van der Waals surface area contributed by atoms with E-state index in [4.69, 9.17) is 21.4 Å². The Kier molecular flexibility index (Phi) is 5.20. The number of nitrogens with zero attached hydrogens (tertiary/aromatic N) is 3. The van der Waals surface area contributed by atoms with Gasteiger partial charge in [0.2, 0.25) is 0 Å². The van der Waals surface area contributed by atoms with E-state index >= 15 is 0 Å². The standard InChI is InChI=1S/C25H32ClN3O4/c1-16-18(17-4-5-19(26)28-20(17)21(31)32)8-27-29(16)15-24-10-22(2)9-23(3,11-24)13-25(12-22,14-24)33-7-6-30/h4-5,8,30H,6-7,9-15H2,1-3H3,(H,31,32). The Balaban J connectivity index is 1.50. The summed E-state index contributed by atoms with van der Waals surface area (Å²) in [5.41, 5.74) is 2.50. The van der Waals surface area contributed by atoms with E-state index in [0.717, 1.165) is 49.9 Å². The Bertz CT molecular complexity index is 1100. The molecule has 7 nitrogen and oxygen atoms in total. The molecule has 4 aliphatic carbocycles. The first-order valence-electron chi connectivity index (χ1n) is 11.7. The summed E-state index contributed by atoms with van der Waals surface area (Å²) in [4.78, 5) is 15.8. The molecule has 178 valence electrons. The van der Waals surface area contributed by atoms with Crippen LogP contribution < -0.4 is 0 Å². The maximum atomic E-state index is 11.8. The smallest absolute Gasteiger partial charge is 0.355 e. The fraction of sp³-hybridized carbons (Fsp3) is 0.640. The topological polar surface area (TPSA) is 97.5 Å². The molecule has 2 heterocycles. The third kappa shape index (κ3) is 3.88. The minimum Gasteiger partial charge on any atom is -0.476 e. The Hall–Kier alpha value is -1.96. The first-order chi connectivity index (χ1) is 15.5. The van der Waals surface area contributed by atoms with Crippen LogP contribution >= 0.6 is 11.6 Å². The van der Waals surface area contributed by atoms with E-state index in [0.29, 0.717) is 12.2 Å². The summed E-state index contributed by atoms with van der Waals surface area (Å²) in [6.45, 7) is 7.99. The van der Waals surface area contributed by atoms with Crippen LogP contribution in [-0.4, -0.2) is 49.8 Å². The van der Waals surface area contributed by atoms with Crippen LogP contribution in [-0.2, 0) is 11.3 Å². The van der Waals surface area contributed by atoms with Crippen molar-refractivity contribution in [3.63, 3.8) is 0 Å². The van der Waals surface area contributed by atoms with Crippen LogP contribution in [0.25, 0.3) is 11.1 Å². The number of aromatic nitrogens is 3. The molecule has 4 aliphatic rings. The minimum absolute atomic E-state index is 0.0465. The lowest BCUT2D eigenvalue weighted by Crippen LogP contribution is -2.64. The van der Waals surface area contributed by atoms with Crippen molar-refractivity contribution in [1.82, 2.24) is 14.8 Å². The molecule has 2 unspecified atom stereocenters. The van der Waals surface area contributed by atoms with Crippen LogP contribution in [0.2, 0.25) is 5.15 Å². The van der Waals surface area contributed by atoms with Crippen LogP contribution in [0.1, 0.15) is 68.6 Å². The van der Waals surface area contributed by atoms with Gasteiger partial charge in [0, 0.05) is 23.4 Å². The largest absolute Gasteiger partial charge is 0.476 e. The number of carboxylic acids is 1. The molecule has 33 heavy (non-hydrogen) atoms. The van der Waals surface area contributed by atoms with Gasteiger partial charge in [-0.25, -0.2) is 9.78 Å².